The second kappa shape index (κ2) is 7.25. The van der Waals surface area contributed by atoms with Gasteiger partial charge in [0.1, 0.15) is 0 Å². The van der Waals surface area contributed by atoms with Crippen molar-refractivity contribution in [3.8, 4) is 0 Å². The minimum absolute atomic E-state index is 0. The van der Waals surface area contributed by atoms with Crippen LogP contribution in [0.1, 0.15) is 8.35 Å². The van der Waals surface area contributed by atoms with E-state index in [9.17, 15) is 8.42 Å². The van der Waals surface area contributed by atoms with Gasteiger partial charge in [0, 0.05) is 19.1 Å². The van der Waals surface area contributed by atoms with Crippen molar-refractivity contribution in [2.24, 2.45) is 5.73 Å². The summed E-state index contributed by atoms with van der Waals surface area (Å²) in [5, 5.41) is 2.82. The van der Waals surface area contributed by atoms with Crippen LogP contribution in [-0.2, 0) is 10.1 Å². The molecule has 0 aliphatic rings. The number of hydrogen-bond donors (Lipinski definition) is 3. The van der Waals surface area contributed by atoms with Gasteiger partial charge in [-0.1, -0.05) is 0 Å². The van der Waals surface area contributed by atoms with Gasteiger partial charge in [-0.15, -0.1) is 0 Å². The number of nitrogens with two attached hydrogens (primary N) is 1. The first-order valence-corrected chi connectivity index (χ1v) is 4.95. The molecule has 0 aliphatic heterocycles. The quantitative estimate of drug-likeness (QED) is 0.314. The molecule has 0 aromatic carbocycles. The Hall–Kier alpha value is 0.830. The predicted octanol–water partition coefficient (Wildman–Crippen LogP) is -4.07. The molecule has 0 amide bonds. The SMILES string of the molecule is CC(CS(=O)(=O)O)NCCN.[H-].[Na+]. The molecule has 0 saturated heterocycles. The monoisotopic (exact) mass is 206 g/mol. The number of nitrogens with one attached hydrogen (secondary N) is 1. The van der Waals surface area contributed by atoms with E-state index in [1.807, 2.05) is 0 Å². The van der Waals surface area contributed by atoms with Crippen molar-refractivity contribution in [2.45, 2.75) is 13.0 Å². The maximum atomic E-state index is 10.3. The van der Waals surface area contributed by atoms with Crippen molar-refractivity contribution in [2.75, 3.05) is 18.8 Å². The smallest absolute Gasteiger partial charge is 1.00 e. The molecule has 7 heteroatoms. The molecule has 5 nitrogen and oxygen atoms in total. The zero-order valence-electron chi connectivity index (χ0n) is 8.45. The molecule has 12 heavy (non-hydrogen) atoms. The molecule has 4 N–H and O–H groups in total. The van der Waals surface area contributed by atoms with E-state index < -0.39 is 10.1 Å². The van der Waals surface area contributed by atoms with Crippen molar-refractivity contribution in [3.05, 3.63) is 0 Å². The van der Waals surface area contributed by atoms with Gasteiger partial charge in [-0.2, -0.15) is 8.42 Å². The topological polar surface area (TPSA) is 92.4 Å². The van der Waals surface area contributed by atoms with Gasteiger partial charge in [-0.3, -0.25) is 4.55 Å². The fourth-order valence-electron chi connectivity index (χ4n) is 0.705. The van der Waals surface area contributed by atoms with Crippen LogP contribution in [0.5, 0.6) is 0 Å². The summed E-state index contributed by atoms with van der Waals surface area (Å²) in [6, 6.07) is -0.256. The Kier molecular flexibility index (Phi) is 9.25. The van der Waals surface area contributed by atoms with E-state index in [4.69, 9.17) is 10.3 Å². The molecule has 1 unspecified atom stereocenters. The Bertz CT molecular complexity index is 200. The number of hydrogen-bond acceptors (Lipinski definition) is 4. The van der Waals surface area contributed by atoms with Crippen LogP contribution in [0, 0.1) is 0 Å². The Morgan fingerprint density at radius 1 is 1.67 bits per heavy atom. The zero-order chi connectivity index (χ0) is 8.91. The second-order valence-corrected chi connectivity index (χ2v) is 3.89. The van der Waals surface area contributed by atoms with Crippen LogP contribution in [0.25, 0.3) is 0 Å². The van der Waals surface area contributed by atoms with Crippen LogP contribution in [0.15, 0.2) is 0 Å². The molecule has 0 fully saturated rings. The van der Waals surface area contributed by atoms with E-state index in [0.717, 1.165) is 0 Å². The van der Waals surface area contributed by atoms with Gasteiger partial charge < -0.3 is 12.5 Å². The van der Waals surface area contributed by atoms with Crippen LogP contribution in [-0.4, -0.2) is 37.9 Å². The molecule has 0 aromatic rings. The normalized spacial score (nSPS) is 13.6. The third kappa shape index (κ3) is 10.8. The van der Waals surface area contributed by atoms with E-state index >= 15 is 0 Å². The Morgan fingerprint density at radius 3 is 2.50 bits per heavy atom. The molecule has 0 aliphatic carbocycles. The minimum Gasteiger partial charge on any atom is -1.00 e. The van der Waals surface area contributed by atoms with E-state index in [2.05, 4.69) is 5.32 Å². The second-order valence-electron chi connectivity index (χ2n) is 2.39. The summed E-state index contributed by atoms with van der Waals surface area (Å²) in [4.78, 5) is 0. The first-order chi connectivity index (χ1) is 4.95. The van der Waals surface area contributed by atoms with Gasteiger partial charge in [-0.05, 0) is 6.92 Å². The number of rotatable bonds is 5. The third-order valence-corrected chi connectivity index (χ3v) is 2.02. The molecule has 1 atom stereocenters. The molecule has 0 saturated carbocycles. The zero-order valence-corrected chi connectivity index (χ0v) is 10.3. The minimum atomic E-state index is -3.86. The first kappa shape index (κ1) is 15.3. The van der Waals surface area contributed by atoms with E-state index in [1.165, 1.54) is 0 Å². The fourth-order valence-corrected chi connectivity index (χ4v) is 1.45. The van der Waals surface area contributed by atoms with Gasteiger partial charge >= 0.3 is 29.6 Å². The van der Waals surface area contributed by atoms with E-state index in [-0.39, 0.29) is 42.8 Å². The summed E-state index contributed by atoms with van der Waals surface area (Å²) in [7, 11) is -3.86. The average Bonchev–Trinajstić information content (AvgIpc) is 1.79. The Labute approximate surface area is 96.6 Å². The van der Waals surface area contributed by atoms with Crippen molar-refractivity contribution >= 4 is 10.1 Å². The molecule has 70 valence electrons. The maximum absolute atomic E-state index is 10.3. The van der Waals surface area contributed by atoms with Gasteiger partial charge in [0.2, 0.25) is 0 Å². The van der Waals surface area contributed by atoms with E-state index in [0.29, 0.717) is 13.1 Å². The molecular formula is C5H15N2NaO3S. The van der Waals surface area contributed by atoms with Gasteiger partial charge in [0.05, 0.1) is 5.75 Å². The van der Waals surface area contributed by atoms with Crippen molar-refractivity contribution in [3.63, 3.8) is 0 Å². The summed E-state index contributed by atoms with van der Waals surface area (Å²) < 4.78 is 29.0. The third-order valence-electron chi connectivity index (χ3n) is 1.10. The molecule has 0 heterocycles. The fraction of sp³-hybridized carbons (Fsp3) is 1.00. The van der Waals surface area contributed by atoms with Gasteiger partial charge in [0.15, 0.2) is 0 Å². The van der Waals surface area contributed by atoms with Crippen LogP contribution >= 0.6 is 0 Å². The van der Waals surface area contributed by atoms with Crippen molar-refractivity contribution in [1.82, 2.24) is 5.32 Å². The summed E-state index contributed by atoms with van der Waals surface area (Å²) in [5.74, 6) is -0.271. The van der Waals surface area contributed by atoms with Gasteiger partial charge in [0.25, 0.3) is 10.1 Å². The molecule has 0 bridgehead atoms. The average molecular weight is 206 g/mol. The Balaban J connectivity index is -0.000000500. The van der Waals surface area contributed by atoms with Crippen LogP contribution < -0.4 is 40.6 Å². The van der Waals surface area contributed by atoms with E-state index in [1.54, 1.807) is 6.92 Å². The summed E-state index contributed by atoms with van der Waals surface area (Å²) >= 11 is 0. The van der Waals surface area contributed by atoms with Crippen molar-refractivity contribution < 1.29 is 44.0 Å². The first-order valence-electron chi connectivity index (χ1n) is 3.34. The van der Waals surface area contributed by atoms with Crippen LogP contribution in [0.3, 0.4) is 0 Å². The van der Waals surface area contributed by atoms with Crippen LogP contribution in [0.2, 0.25) is 0 Å². The molecule has 0 radical (unpaired) electrons. The van der Waals surface area contributed by atoms with Crippen molar-refractivity contribution in [1.29, 1.82) is 0 Å². The van der Waals surface area contributed by atoms with Gasteiger partial charge in [-0.25, -0.2) is 0 Å². The summed E-state index contributed by atoms with van der Waals surface area (Å²) in [6.07, 6.45) is 0. The maximum Gasteiger partial charge on any atom is 1.00 e. The summed E-state index contributed by atoms with van der Waals surface area (Å²) in [6.45, 7) is 2.68. The largest absolute Gasteiger partial charge is 1.00 e. The molecule has 0 rings (SSSR count). The van der Waals surface area contributed by atoms with Crippen LogP contribution in [0.4, 0.5) is 0 Å². The molecule has 0 spiro atoms. The standard InChI is InChI=1S/C5H14N2O3S.Na.H/c1-5(7-3-2-6)4-11(8,9)10;;/h5,7H,2-4,6H2,1H3,(H,8,9,10);;/q;+1;-1. The molecule has 0 aromatic heterocycles. The predicted molar refractivity (Wildman–Crippen MR) is 44.0 cm³/mol. The Morgan fingerprint density at radius 2 is 2.17 bits per heavy atom. The summed E-state index contributed by atoms with van der Waals surface area (Å²) in [5.41, 5.74) is 5.17. The molecular weight excluding hydrogens is 191 g/mol.